The summed E-state index contributed by atoms with van der Waals surface area (Å²) in [5.41, 5.74) is 1.20. The Morgan fingerprint density at radius 1 is 1.35 bits per heavy atom. The van der Waals surface area contributed by atoms with Gasteiger partial charge in [-0.15, -0.1) is 0 Å². The molecule has 0 bridgehead atoms. The fourth-order valence-electron chi connectivity index (χ4n) is 2.79. The first-order valence-electron chi connectivity index (χ1n) is 7.79. The summed E-state index contributed by atoms with van der Waals surface area (Å²) >= 11 is 0. The molecule has 2 atom stereocenters. The standard InChI is InChI=1S/C17H27NO2/c1-4-19-16-10-6-5-9-15(16)17-14(8-7-11-20-17)12-18-13(2)3/h5-6,9-10,13-14,17-18H,4,7-8,11-12H2,1-3H3. The van der Waals surface area contributed by atoms with Crippen LogP contribution in [0.5, 0.6) is 5.75 Å². The van der Waals surface area contributed by atoms with E-state index in [1.165, 1.54) is 12.0 Å². The number of rotatable bonds is 6. The van der Waals surface area contributed by atoms with Crippen LogP contribution in [0.25, 0.3) is 0 Å². The molecule has 1 N–H and O–H groups in total. The number of benzene rings is 1. The average Bonchev–Trinajstić information content (AvgIpc) is 2.46. The van der Waals surface area contributed by atoms with Crippen LogP contribution in [0.15, 0.2) is 24.3 Å². The largest absolute Gasteiger partial charge is 0.493 e. The van der Waals surface area contributed by atoms with Gasteiger partial charge in [0.2, 0.25) is 0 Å². The second kappa shape index (κ2) is 7.65. The number of hydrogen-bond donors (Lipinski definition) is 1. The molecule has 0 aliphatic carbocycles. The molecule has 0 saturated carbocycles. The summed E-state index contributed by atoms with van der Waals surface area (Å²) in [7, 11) is 0. The quantitative estimate of drug-likeness (QED) is 0.862. The van der Waals surface area contributed by atoms with E-state index in [4.69, 9.17) is 9.47 Å². The normalized spacial score (nSPS) is 23.0. The zero-order valence-electron chi connectivity index (χ0n) is 12.9. The second-order valence-corrected chi connectivity index (χ2v) is 5.73. The van der Waals surface area contributed by atoms with Crippen LogP contribution < -0.4 is 10.1 Å². The lowest BCUT2D eigenvalue weighted by atomic mass is 9.88. The van der Waals surface area contributed by atoms with Crippen LogP contribution in [0.3, 0.4) is 0 Å². The van der Waals surface area contributed by atoms with E-state index in [2.05, 4.69) is 31.3 Å². The van der Waals surface area contributed by atoms with E-state index in [9.17, 15) is 0 Å². The van der Waals surface area contributed by atoms with Gasteiger partial charge < -0.3 is 14.8 Å². The van der Waals surface area contributed by atoms with Gasteiger partial charge in [0, 0.05) is 30.7 Å². The van der Waals surface area contributed by atoms with E-state index in [1.54, 1.807) is 0 Å². The van der Waals surface area contributed by atoms with Gasteiger partial charge in [-0.2, -0.15) is 0 Å². The Morgan fingerprint density at radius 2 is 2.15 bits per heavy atom. The highest BCUT2D eigenvalue weighted by Crippen LogP contribution is 2.37. The van der Waals surface area contributed by atoms with Crippen LogP contribution in [0.1, 0.15) is 45.3 Å². The summed E-state index contributed by atoms with van der Waals surface area (Å²) in [5.74, 6) is 1.49. The minimum absolute atomic E-state index is 0.151. The maximum absolute atomic E-state index is 6.08. The number of para-hydroxylation sites is 1. The zero-order chi connectivity index (χ0) is 14.4. The van der Waals surface area contributed by atoms with Crippen LogP contribution in [0.4, 0.5) is 0 Å². The first kappa shape index (κ1) is 15.3. The van der Waals surface area contributed by atoms with Gasteiger partial charge in [-0.1, -0.05) is 32.0 Å². The van der Waals surface area contributed by atoms with Crippen molar-refractivity contribution in [1.29, 1.82) is 0 Å². The highest BCUT2D eigenvalue weighted by atomic mass is 16.5. The van der Waals surface area contributed by atoms with Gasteiger partial charge in [-0.05, 0) is 25.8 Å². The van der Waals surface area contributed by atoms with Crippen molar-refractivity contribution in [1.82, 2.24) is 5.32 Å². The molecule has 1 aliphatic rings. The Balaban J connectivity index is 2.14. The molecular weight excluding hydrogens is 250 g/mol. The molecule has 1 aromatic carbocycles. The highest BCUT2D eigenvalue weighted by molar-refractivity contribution is 5.35. The molecular formula is C17H27NO2. The van der Waals surface area contributed by atoms with E-state index in [1.807, 2.05) is 19.1 Å². The minimum Gasteiger partial charge on any atom is -0.493 e. The molecule has 0 amide bonds. The minimum atomic E-state index is 0.151. The van der Waals surface area contributed by atoms with Crippen LogP contribution in [0, 0.1) is 5.92 Å². The lowest BCUT2D eigenvalue weighted by molar-refractivity contribution is -0.0295. The van der Waals surface area contributed by atoms with Crippen LogP contribution in [-0.4, -0.2) is 25.8 Å². The number of nitrogens with one attached hydrogen (secondary N) is 1. The summed E-state index contributed by atoms with van der Waals surface area (Å²) in [5, 5.41) is 3.55. The molecule has 1 heterocycles. The molecule has 1 aromatic rings. The third-order valence-electron chi connectivity index (χ3n) is 3.76. The average molecular weight is 277 g/mol. The summed E-state index contributed by atoms with van der Waals surface area (Å²) in [4.78, 5) is 0. The van der Waals surface area contributed by atoms with Gasteiger partial charge in [0.05, 0.1) is 12.7 Å². The predicted octanol–water partition coefficient (Wildman–Crippen LogP) is 3.55. The van der Waals surface area contributed by atoms with Crippen LogP contribution in [0.2, 0.25) is 0 Å². The van der Waals surface area contributed by atoms with Gasteiger partial charge in [0.25, 0.3) is 0 Å². The summed E-state index contributed by atoms with van der Waals surface area (Å²) in [6.45, 7) is 8.95. The Bertz CT molecular complexity index is 406. The molecule has 2 unspecified atom stereocenters. The first-order valence-corrected chi connectivity index (χ1v) is 7.79. The third-order valence-corrected chi connectivity index (χ3v) is 3.76. The van der Waals surface area contributed by atoms with Crippen molar-refractivity contribution in [3.63, 3.8) is 0 Å². The van der Waals surface area contributed by atoms with E-state index < -0.39 is 0 Å². The maximum atomic E-state index is 6.08. The summed E-state index contributed by atoms with van der Waals surface area (Å²) in [6, 6.07) is 8.80. The maximum Gasteiger partial charge on any atom is 0.125 e. The van der Waals surface area contributed by atoms with Gasteiger partial charge in [0.15, 0.2) is 0 Å². The van der Waals surface area contributed by atoms with E-state index in [0.717, 1.165) is 25.3 Å². The molecule has 3 nitrogen and oxygen atoms in total. The highest BCUT2D eigenvalue weighted by Gasteiger charge is 2.29. The van der Waals surface area contributed by atoms with Crippen molar-refractivity contribution < 1.29 is 9.47 Å². The Morgan fingerprint density at radius 3 is 2.90 bits per heavy atom. The van der Waals surface area contributed by atoms with Crippen LogP contribution in [-0.2, 0) is 4.74 Å². The van der Waals surface area contributed by atoms with E-state index in [-0.39, 0.29) is 6.10 Å². The Hall–Kier alpha value is -1.06. The third kappa shape index (κ3) is 3.97. The fraction of sp³-hybridized carbons (Fsp3) is 0.647. The zero-order valence-corrected chi connectivity index (χ0v) is 12.9. The SMILES string of the molecule is CCOc1ccccc1C1OCCCC1CNC(C)C. The molecule has 1 fully saturated rings. The molecule has 0 radical (unpaired) electrons. The van der Waals surface area contributed by atoms with Gasteiger partial charge in [-0.25, -0.2) is 0 Å². The lowest BCUT2D eigenvalue weighted by Gasteiger charge is -2.33. The Labute approximate surface area is 122 Å². The molecule has 0 aromatic heterocycles. The van der Waals surface area contributed by atoms with Crippen molar-refractivity contribution in [3.8, 4) is 5.75 Å². The van der Waals surface area contributed by atoms with Crippen molar-refractivity contribution in [2.45, 2.75) is 45.8 Å². The number of hydrogen-bond acceptors (Lipinski definition) is 3. The summed E-state index contributed by atoms with van der Waals surface area (Å²) in [6.07, 6.45) is 2.51. The molecule has 112 valence electrons. The molecule has 1 aliphatic heterocycles. The predicted molar refractivity (Wildman–Crippen MR) is 82.2 cm³/mol. The molecule has 1 saturated heterocycles. The van der Waals surface area contributed by atoms with Crippen molar-refractivity contribution in [3.05, 3.63) is 29.8 Å². The fourth-order valence-corrected chi connectivity index (χ4v) is 2.79. The van der Waals surface area contributed by atoms with Gasteiger partial charge >= 0.3 is 0 Å². The van der Waals surface area contributed by atoms with Crippen molar-refractivity contribution in [2.24, 2.45) is 5.92 Å². The molecule has 0 spiro atoms. The van der Waals surface area contributed by atoms with Crippen molar-refractivity contribution >= 4 is 0 Å². The second-order valence-electron chi connectivity index (χ2n) is 5.73. The molecule has 20 heavy (non-hydrogen) atoms. The van der Waals surface area contributed by atoms with Gasteiger partial charge in [-0.3, -0.25) is 0 Å². The lowest BCUT2D eigenvalue weighted by Crippen LogP contribution is -2.35. The van der Waals surface area contributed by atoms with E-state index >= 15 is 0 Å². The van der Waals surface area contributed by atoms with E-state index in [0.29, 0.717) is 18.6 Å². The van der Waals surface area contributed by atoms with Crippen molar-refractivity contribution in [2.75, 3.05) is 19.8 Å². The Kier molecular flexibility index (Phi) is 5.86. The van der Waals surface area contributed by atoms with Gasteiger partial charge in [0.1, 0.15) is 5.75 Å². The molecule has 2 rings (SSSR count). The number of ether oxygens (including phenoxy) is 2. The topological polar surface area (TPSA) is 30.5 Å². The smallest absolute Gasteiger partial charge is 0.125 e. The monoisotopic (exact) mass is 277 g/mol. The molecule has 3 heteroatoms. The summed E-state index contributed by atoms with van der Waals surface area (Å²) < 4.78 is 11.8. The first-order chi connectivity index (χ1) is 9.72. The van der Waals surface area contributed by atoms with Crippen LogP contribution >= 0.6 is 0 Å².